The number of benzene rings is 1. The lowest BCUT2D eigenvalue weighted by molar-refractivity contribution is -0.319. The third-order valence-corrected chi connectivity index (χ3v) is 5.06. The second kappa shape index (κ2) is 7.84. The number of hydrogen-bond donors (Lipinski definition) is 1. The van der Waals surface area contributed by atoms with Gasteiger partial charge in [-0.25, -0.2) is 0 Å². The highest BCUT2D eigenvalue weighted by molar-refractivity contribution is 7.99. The average Bonchev–Trinajstić information content (AvgIpc) is 2.59. The van der Waals surface area contributed by atoms with Crippen LogP contribution in [-0.4, -0.2) is 53.3 Å². The van der Waals surface area contributed by atoms with E-state index in [9.17, 15) is 9.90 Å². The minimum atomic E-state index is -0.966. The Morgan fingerprint density at radius 2 is 2.08 bits per heavy atom. The molecule has 2 heterocycles. The van der Waals surface area contributed by atoms with Gasteiger partial charge in [0.2, 0.25) is 0 Å². The number of aliphatic hydroxyl groups is 1. The summed E-state index contributed by atoms with van der Waals surface area (Å²) in [4.78, 5) is 11.4. The molecule has 7 heteroatoms. The van der Waals surface area contributed by atoms with Gasteiger partial charge >= 0.3 is 5.97 Å². The minimum Gasteiger partial charge on any atom is -0.456 e. The summed E-state index contributed by atoms with van der Waals surface area (Å²) in [5.41, 5.74) is 0.438. The van der Waals surface area contributed by atoms with Crippen molar-refractivity contribution in [3.8, 4) is 0 Å². The molecule has 2 aliphatic rings. The van der Waals surface area contributed by atoms with Gasteiger partial charge in [-0.3, -0.25) is 4.79 Å². The lowest BCUT2D eigenvalue weighted by Crippen LogP contribution is -2.61. The molecule has 0 bridgehead atoms. The molecule has 2 saturated heterocycles. The molecule has 0 spiro atoms. The molecule has 1 aromatic rings. The maximum Gasteiger partial charge on any atom is 0.303 e. The van der Waals surface area contributed by atoms with E-state index in [0.29, 0.717) is 6.61 Å². The Labute approximate surface area is 145 Å². The largest absolute Gasteiger partial charge is 0.456 e. The Morgan fingerprint density at radius 3 is 2.75 bits per heavy atom. The molecule has 0 saturated carbocycles. The zero-order valence-electron chi connectivity index (χ0n) is 13.7. The SMILES string of the molecule is CCS[C@H]1O[C@@H]2COC(c3ccccc3)O[C@H]2[C@H](O)[C@H]1OC(C)=O. The van der Waals surface area contributed by atoms with Crippen molar-refractivity contribution in [3.05, 3.63) is 35.9 Å². The third kappa shape index (κ3) is 3.75. The Morgan fingerprint density at radius 1 is 1.33 bits per heavy atom. The van der Waals surface area contributed by atoms with Gasteiger partial charge < -0.3 is 24.1 Å². The summed E-state index contributed by atoms with van der Waals surface area (Å²) in [6.07, 6.45) is -3.30. The molecule has 0 radical (unpaired) electrons. The molecule has 0 aromatic heterocycles. The molecule has 1 N–H and O–H groups in total. The highest BCUT2D eigenvalue weighted by atomic mass is 32.2. The molecule has 2 fully saturated rings. The van der Waals surface area contributed by atoms with E-state index in [4.69, 9.17) is 18.9 Å². The molecule has 24 heavy (non-hydrogen) atoms. The van der Waals surface area contributed by atoms with Crippen LogP contribution in [0.15, 0.2) is 30.3 Å². The lowest BCUT2D eigenvalue weighted by Gasteiger charge is -2.47. The predicted octanol–water partition coefficient (Wildman–Crippen LogP) is 1.87. The van der Waals surface area contributed by atoms with Crippen molar-refractivity contribution in [2.45, 2.75) is 50.0 Å². The molecule has 6 atom stereocenters. The zero-order chi connectivity index (χ0) is 17.1. The number of rotatable bonds is 4. The van der Waals surface area contributed by atoms with Crippen LogP contribution < -0.4 is 0 Å². The smallest absolute Gasteiger partial charge is 0.303 e. The highest BCUT2D eigenvalue weighted by Gasteiger charge is 2.50. The van der Waals surface area contributed by atoms with Crippen LogP contribution in [0.5, 0.6) is 0 Å². The Balaban J connectivity index is 1.76. The van der Waals surface area contributed by atoms with E-state index in [1.165, 1.54) is 18.7 Å². The van der Waals surface area contributed by atoms with E-state index in [2.05, 4.69) is 0 Å². The molecule has 6 nitrogen and oxygen atoms in total. The number of thioether (sulfide) groups is 1. The van der Waals surface area contributed by atoms with Gasteiger partial charge in [-0.05, 0) is 5.75 Å². The number of fused-ring (bicyclic) bond motifs is 1. The van der Waals surface area contributed by atoms with Crippen molar-refractivity contribution >= 4 is 17.7 Å². The Kier molecular flexibility index (Phi) is 5.78. The third-order valence-electron chi connectivity index (χ3n) is 4.01. The molecular weight excluding hydrogens is 332 g/mol. The maximum absolute atomic E-state index is 11.4. The van der Waals surface area contributed by atoms with Crippen molar-refractivity contribution in [3.63, 3.8) is 0 Å². The minimum absolute atomic E-state index is 0.314. The lowest BCUT2D eigenvalue weighted by atomic mass is 9.98. The Bertz CT molecular complexity index is 553. The first-order chi connectivity index (χ1) is 11.6. The first kappa shape index (κ1) is 17.7. The number of ether oxygens (including phenoxy) is 4. The van der Waals surface area contributed by atoms with E-state index >= 15 is 0 Å². The van der Waals surface area contributed by atoms with Crippen molar-refractivity contribution in [2.24, 2.45) is 0 Å². The van der Waals surface area contributed by atoms with Crippen LogP contribution >= 0.6 is 11.8 Å². The number of hydrogen-bond acceptors (Lipinski definition) is 7. The number of carbonyl (C=O) groups excluding carboxylic acids is 1. The van der Waals surface area contributed by atoms with Crippen LogP contribution in [0.3, 0.4) is 0 Å². The standard InChI is InChI=1S/C17H22O6S/c1-3-24-17-15(21-10(2)18)13(19)14-12(22-17)9-20-16(23-14)11-7-5-4-6-8-11/h4-8,12-17,19H,3,9H2,1-2H3/t12-,13+,14-,15-,16?,17-/m1/s1. The van der Waals surface area contributed by atoms with E-state index in [1.54, 1.807) is 0 Å². The fraction of sp³-hybridized carbons (Fsp3) is 0.588. The summed E-state index contributed by atoms with van der Waals surface area (Å²) in [6.45, 7) is 3.62. The molecule has 0 aliphatic carbocycles. The quantitative estimate of drug-likeness (QED) is 0.828. The molecule has 0 amide bonds. The van der Waals surface area contributed by atoms with Gasteiger partial charge in [-0.2, -0.15) is 0 Å². The van der Waals surface area contributed by atoms with Gasteiger partial charge in [0.15, 0.2) is 12.4 Å². The second-order valence-corrected chi connectivity index (χ2v) is 7.11. The number of aliphatic hydroxyl groups excluding tert-OH is 1. The van der Waals surface area contributed by atoms with Crippen LogP contribution in [-0.2, 0) is 23.7 Å². The fourth-order valence-electron chi connectivity index (χ4n) is 2.96. The van der Waals surface area contributed by atoms with E-state index < -0.39 is 42.1 Å². The maximum atomic E-state index is 11.4. The van der Waals surface area contributed by atoms with Gasteiger partial charge in [0.1, 0.15) is 23.7 Å². The normalized spacial score (nSPS) is 36.0. The number of esters is 1. The van der Waals surface area contributed by atoms with Gasteiger partial charge in [0.05, 0.1) is 6.61 Å². The van der Waals surface area contributed by atoms with Crippen molar-refractivity contribution in [1.29, 1.82) is 0 Å². The summed E-state index contributed by atoms with van der Waals surface area (Å²) >= 11 is 1.49. The summed E-state index contributed by atoms with van der Waals surface area (Å²) < 4.78 is 23.0. The van der Waals surface area contributed by atoms with Gasteiger partial charge in [0, 0.05) is 12.5 Å². The predicted molar refractivity (Wildman–Crippen MR) is 88.4 cm³/mol. The van der Waals surface area contributed by atoms with Gasteiger partial charge in [-0.15, -0.1) is 11.8 Å². The number of carbonyl (C=O) groups is 1. The molecule has 1 aromatic carbocycles. The first-order valence-corrected chi connectivity index (χ1v) is 9.09. The monoisotopic (exact) mass is 354 g/mol. The average molecular weight is 354 g/mol. The topological polar surface area (TPSA) is 74.2 Å². The van der Waals surface area contributed by atoms with Crippen LogP contribution in [0.4, 0.5) is 0 Å². The summed E-state index contributed by atoms with van der Waals surface area (Å²) in [5, 5.41) is 10.7. The molecule has 132 valence electrons. The van der Waals surface area contributed by atoms with E-state index in [0.717, 1.165) is 11.3 Å². The van der Waals surface area contributed by atoms with E-state index in [-0.39, 0.29) is 0 Å². The van der Waals surface area contributed by atoms with Gasteiger partial charge in [-0.1, -0.05) is 37.3 Å². The van der Waals surface area contributed by atoms with E-state index in [1.807, 2.05) is 37.3 Å². The van der Waals surface area contributed by atoms with Crippen LogP contribution in [0, 0.1) is 0 Å². The van der Waals surface area contributed by atoms with Crippen molar-refractivity contribution < 1.29 is 28.8 Å². The highest BCUT2D eigenvalue weighted by Crippen LogP contribution is 2.37. The first-order valence-electron chi connectivity index (χ1n) is 8.04. The van der Waals surface area contributed by atoms with Crippen LogP contribution in [0.25, 0.3) is 0 Å². The Hall–Kier alpha value is -1.12. The second-order valence-electron chi connectivity index (χ2n) is 5.74. The molecular formula is C17H22O6S. The molecule has 1 unspecified atom stereocenters. The van der Waals surface area contributed by atoms with Crippen molar-refractivity contribution in [2.75, 3.05) is 12.4 Å². The van der Waals surface area contributed by atoms with Crippen LogP contribution in [0.1, 0.15) is 25.7 Å². The summed E-state index contributed by atoms with van der Waals surface area (Å²) in [7, 11) is 0. The van der Waals surface area contributed by atoms with Crippen molar-refractivity contribution in [1.82, 2.24) is 0 Å². The molecule has 3 rings (SSSR count). The summed E-state index contributed by atoms with van der Waals surface area (Å²) in [6, 6.07) is 9.52. The summed E-state index contributed by atoms with van der Waals surface area (Å²) in [5.74, 6) is 0.329. The zero-order valence-corrected chi connectivity index (χ0v) is 14.5. The molecule has 2 aliphatic heterocycles. The van der Waals surface area contributed by atoms with Crippen LogP contribution in [0.2, 0.25) is 0 Å². The van der Waals surface area contributed by atoms with Gasteiger partial charge in [0.25, 0.3) is 0 Å². The fourth-order valence-corrected chi connectivity index (χ4v) is 3.92.